The molecule has 0 atom stereocenters. The molecule has 32 heavy (non-hydrogen) atoms. The predicted octanol–water partition coefficient (Wildman–Crippen LogP) is 4.52. The molecule has 8 heteroatoms. The minimum Gasteiger partial charge on any atom is -0.451 e. The van der Waals surface area contributed by atoms with Crippen LogP contribution in [0.15, 0.2) is 66.7 Å². The third-order valence-corrected chi connectivity index (χ3v) is 6.46. The number of piperazine rings is 1. The van der Waals surface area contributed by atoms with Gasteiger partial charge in [0.1, 0.15) is 4.88 Å². The van der Waals surface area contributed by atoms with Crippen molar-refractivity contribution in [1.82, 2.24) is 4.90 Å². The predicted molar refractivity (Wildman–Crippen MR) is 129 cm³/mol. The van der Waals surface area contributed by atoms with Crippen LogP contribution in [0.25, 0.3) is 0 Å². The summed E-state index contributed by atoms with van der Waals surface area (Å²) < 4.78 is 5.53. The van der Waals surface area contributed by atoms with E-state index in [1.165, 1.54) is 5.56 Å². The van der Waals surface area contributed by atoms with Crippen molar-refractivity contribution in [3.63, 3.8) is 0 Å². The minimum absolute atomic E-state index is 0.348. The number of amides is 1. The second kappa shape index (κ2) is 10.6. The number of nitrogens with one attached hydrogen (secondary N) is 1. The molecule has 166 valence electrons. The Bertz CT molecular complexity index is 1050. The van der Waals surface area contributed by atoms with Crippen molar-refractivity contribution in [2.24, 2.45) is 0 Å². The lowest BCUT2D eigenvalue weighted by molar-refractivity contribution is -0.119. The fourth-order valence-corrected chi connectivity index (χ4v) is 4.52. The van der Waals surface area contributed by atoms with Gasteiger partial charge in [-0.2, -0.15) is 0 Å². The van der Waals surface area contributed by atoms with Crippen molar-refractivity contribution in [2.45, 2.75) is 6.54 Å². The van der Waals surface area contributed by atoms with Crippen LogP contribution in [-0.4, -0.2) is 49.6 Å². The Morgan fingerprint density at radius 2 is 1.66 bits per heavy atom. The first-order chi connectivity index (χ1) is 15.6. The van der Waals surface area contributed by atoms with Crippen molar-refractivity contribution in [3.8, 4) is 0 Å². The Kier molecular flexibility index (Phi) is 7.42. The van der Waals surface area contributed by atoms with Gasteiger partial charge in [0.05, 0.1) is 4.34 Å². The molecule has 0 unspecified atom stereocenters. The van der Waals surface area contributed by atoms with Gasteiger partial charge in [0.15, 0.2) is 6.61 Å². The molecular formula is C24H24ClN3O3S. The zero-order valence-electron chi connectivity index (χ0n) is 17.5. The third-order valence-electron chi connectivity index (χ3n) is 5.25. The number of nitrogens with zero attached hydrogens (tertiary/aromatic N) is 2. The SMILES string of the molecule is O=C(COC(=O)c1ccc(Cl)s1)Nc1ccc(N2CCN(Cc3ccccc3)CC2)cc1. The summed E-state index contributed by atoms with van der Waals surface area (Å²) in [6.07, 6.45) is 0. The van der Waals surface area contributed by atoms with Gasteiger partial charge in [-0.1, -0.05) is 41.9 Å². The van der Waals surface area contributed by atoms with Crippen molar-refractivity contribution < 1.29 is 14.3 Å². The Balaban J connectivity index is 1.22. The smallest absolute Gasteiger partial charge is 0.348 e. The molecule has 0 bridgehead atoms. The minimum atomic E-state index is -0.557. The maximum Gasteiger partial charge on any atom is 0.348 e. The summed E-state index contributed by atoms with van der Waals surface area (Å²) in [4.78, 5) is 29.2. The first-order valence-electron chi connectivity index (χ1n) is 10.4. The highest BCUT2D eigenvalue weighted by atomic mass is 35.5. The second-order valence-corrected chi connectivity index (χ2v) is 9.24. The van der Waals surface area contributed by atoms with E-state index in [2.05, 4.69) is 39.4 Å². The summed E-state index contributed by atoms with van der Waals surface area (Å²) in [7, 11) is 0. The molecule has 1 amide bonds. The van der Waals surface area contributed by atoms with E-state index in [1.807, 2.05) is 30.3 Å². The van der Waals surface area contributed by atoms with Crippen LogP contribution in [0.2, 0.25) is 4.34 Å². The van der Waals surface area contributed by atoms with Crippen molar-refractivity contribution >= 4 is 46.2 Å². The van der Waals surface area contributed by atoms with E-state index >= 15 is 0 Å². The summed E-state index contributed by atoms with van der Waals surface area (Å²) in [5.41, 5.74) is 3.13. The third kappa shape index (κ3) is 6.09. The van der Waals surface area contributed by atoms with Crippen LogP contribution in [-0.2, 0) is 16.1 Å². The van der Waals surface area contributed by atoms with Gasteiger partial charge in [0.2, 0.25) is 0 Å². The number of halogens is 1. The van der Waals surface area contributed by atoms with Gasteiger partial charge in [-0.15, -0.1) is 11.3 Å². The molecule has 1 N–H and O–H groups in total. The summed E-state index contributed by atoms with van der Waals surface area (Å²) >= 11 is 6.93. The number of esters is 1. The maximum atomic E-state index is 12.1. The molecule has 1 fully saturated rings. The lowest BCUT2D eigenvalue weighted by Crippen LogP contribution is -2.45. The number of rotatable bonds is 7. The summed E-state index contributed by atoms with van der Waals surface area (Å²) in [6, 6.07) is 21.5. The molecule has 1 saturated heterocycles. The zero-order chi connectivity index (χ0) is 22.3. The highest BCUT2D eigenvalue weighted by Crippen LogP contribution is 2.22. The number of hydrogen-bond donors (Lipinski definition) is 1. The number of hydrogen-bond acceptors (Lipinski definition) is 6. The molecule has 0 radical (unpaired) electrons. The lowest BCUT2D eigenvalue weighted by atomic mass is 10.2. The van der Waals surface area contributed by atoms with Gasteiger partial charge in [-0.05, 0) is 42.0 Å². The fourth-order valence-electron chi connectivity index (χ4n) is 3.58. The van der Waals surface area contributed by atoms with E-state index in [0.29, 0.717) is 14.9 Å². The van der Waals surface area contributed by atoms with E-state index in [9.17, 15) is 9.59 Å². The van der Waals surface area contributed by atoms with Crippen molar-refractivity contribution in [1.29, 1.82) is 0 Å². The molecule has 0 saturated carbocycles. The van der Waals surface area contributed by atoms with Gasteiger partial charge in [-0.25, -0.2) is 4.79 Å². The lowest BCUT2D eigenvalue weighted by Gasteiger charge is -2.36. The number of anilines is 2. The van der Waals surface area contributed by atoms with Gasteiger partial charge in [0.25, 0.3) is 5.91 Å². The van der Waals surface area contributed by atoms with Crippen LogP contribution in [0.5, 0.6) is 0 Å². The molecule has 1 aliphatic heterocycles. The first kappa shape index (κ1) is 22.3. The number of carbonyl (C=O) groups excluding carboxylic acids is 2. The van der Waals surface area contributed by atoms with E-state index < -0.39 is 5.97 Å². The largest absolute Gasteiger partial charge is 0.451 e. The van der Waals surface area contributed by atoms with Crippen LogP contribution < -0.4 is 10.2 Å². The normalized spacial score (nSPS) is 14.2. The highest BCUT2D eigenvalue weighted by molar-refractivity contribution is 7.17. The van der Waals surface area contributed by atoms with Gasteiger partial charge in [-0.3, -0.25) is 9.69 Å². The Morgan fingerprint density at radius 3 is 2.31 bits per heavy atom. The number of thiophene rings is 1. The Hall–Kier alpha value is -2.87. The van der Waals surface area contributed by atoms with Gasteiger partial charge >= 0.3 is 5.97 Å². The monoisotopic (exact) mass is 469 g/mol. The zero-order valence-corrected chi connectivity index (χ0v) is 19.1. The Labute approximate surface area is 196 Å². The van der Waals surface area contributed by atoms with Crippen LogP contribution in [0, 0.1) is 0 Å². The molecule has 0 aliphatic carbocycles. The van der Waals surface area contributed by atoms with E-state index in [-0.39, 0.29) is 12.5 Å². The molecule has 1 aliphatic rings. The molecule has 4 rings (SSSR count). The number of carbonyl (C=O) groups is 2. The van der Waals surface area contributed by atoms with Crippen LogP contribution >= 0.6 is 22.9 Å². The summed E-state index contributed by atoms with van der Waals surface area (Å²) in [5.74, 6) is -0.943. The first-order valence-corrected chi connectivity index (χ1v) is 11.6. The standard InChI is InChI=1S/C24H24ClN3O3S/c25-22-11-10-21(32-22)24(30)31-17-23(29)26-19-6-8-20(9-7-19)28-14-12-27(13-15-28)16-18-4-2-1-3-5-18/h1-11H,12-17H2,(H,26,29). The number of ether oxygens (including phenoxy) is 1. The highest BCUT2D eigenvalue weighted by Gasteiger charge is 2.17. The molecule has 0 spiro atoms. The van der Waals surface area contributed by atoms with Crippen molar-refractivity contribution in [2.75, 3.05) is 43.0 Å². The molecule has 2 heterocycles. The maximum absolute atomic E-state index is 12.1. The van der Waals surface area contributed by atoms with Crippen molar-refractivity contribution in [3.05, 3.63) is 81.5 Å². The van der Waals surface area contributed by atoms with E-state index in [4.69, 9.17) is 16.3 Å². The molecule has 6 nitrogen and oxygen atoms in total. The second-order valence-electron chi connectivity index (χ2n) is 7.52. The average Bonchev–Trinajstić information content (AvgIpc) is 3.26. The summed E-state index contributed by atoms with van der Waals surface area (Å²) in [5, 5.41) is 2.75. The fraction of sp³-hybridized carbons (Fsp3) is 0.250. The van der Waals surface area contributed by atoms with Gasteiger partial charge in [0, 0.05) is 44.1 Å². The van der Waals surface area contributed by atoms with Gasteiger partial charge < -0.3 is 15.0 Å². The van der Waals surface area contributed by atoms with Crippen LogP contribution in [0.1, 0.15) is 15.2 Å². The topological polar surface area (TPSA) is 61.9 Å². The van der Waals surface area contributed by atoms with E-state index in [1.54, 1.807) is 12.1 Å². The molecule has 1 aromatic heterocycles. The average molecular weight is 470 g/mol. The molecule has 2 aromatic carbocycles. The van der Waals surface area contributed by atoms with E-state index in [0.717, 1.165) is 49.7 Å². The molecular weight excluding hydrogens is 446 g/mol. The summed E-state index contributed by atoms with van der Waals surface area (Å²) in [6.45, 7) is 4.56. The molecule has 3 aromatic rings. The van der Waals surface area contributed by atoms with Crippen LogP contribution in [0.4, 0.5) is 11.4 Å². The van der Waals surface area contributed by atoms with Crippen LogP contribution in [0.3, 0.4) is 0 Å². The quantitative estimate of drug-likeness (QED) is 0.515. The Morgan fingerprint density at radius 1 is 0.938 bits per heavy atom. The number of benzene rings is 2.